The summed E-state index contributed by atoms with van der Waals surface area (Å²) in [5.74, 6) is -0.726. The van der Waals surface area contributed by atoms with E-state index in [9.17, 15) is 19.7 Å². The van der Waals surface area contributed by atoms with Crippen LogP contribution in [0.15, 0.2) is 48.5 Å². The van der Waals surface area contributed by atoms with Gasteiger partial charge >= 0.3 is 0 Å². The fourth-order valence-corrected chi connectivity index (χ4v) is 2.33. The van der Waals surface area contributed by atoms with Gasteiger partial charge in [-0.05, 0) is 30.7 Å². The number of nitro groups is 1. The fraction of sp³-hybridized carbons (Fsp3) is 0.222. The Morgan fingerprint density at radius 2 is 1.84 bits per heavy atom. The van der Waals surface area contributed by atoms with Gasteiger partial charge < -0.3 is 10.2 Å². The molecular formula is C18H19N3O4. The molecule has 2 rings (SSSR count). The van der Waals surface area contributed by atoms with Gasteiger partial charge in [0.15, 0.2) is 0 Å². The molecular weight excluding hydrogens is 322 g/mol. The van der Waals surface area contributed by atoms with Crippen molar-refractivity contribution < 1.29 is 14.5 Å². The molecule has 0 radical (unpaired) electrons. The second-order valence-corrected chi connectivity index (χ2v) is 5.57. The van der Waals surface area contributed by atoms with E-state index in [-0.39, 0.29) is 30.1 Å². The van der Waals surface area contributed by atoms with Crippen LogP contribution in [0.5, 0.6) is 0 Å². The maximum absolute atomic E-state index is 12.2. The Hall–Kier alpha value is -3.22. The van der Waals surface area contributed by atoms with E-state index in [0.717, 1.165) is 11.3 Å². The Bertz CT molecular complexity index is 790. The van der Waals surface area contributed by atoms with Crippen LogP contribution >= 0.6 is 0 Å². The summed E-state index contributed by atoms with van der Waals surface area (Å²) in [6.45, 7) is 1.85. The Morgan fingerprint density at radius 3 is 2.48 bits per heavy atom. The Labute approximate surface area is 145 Å². The van der Waals surface area contributed by atoms with Crippen LogP contribution in [0.1, 0.15) is 22.3 Å². The fourth-order valence-electron chi connectivity index (χ4n) is 2.33. The molecule has 0 aliphatic heterocycles. The number of rotatable bonds is 6. The Kier molecular flexibility index (Phi) is 5.84. The summed E-state index contributed by atoms with van der Waals surface area (Å²) < 4.78 is 0. The van der Waals surface area contributed by atoms with Gasteiger partial charge in [-0.15, -0.1) is 0 Å². The largest absolute Gasteiger partial charge is 0.351 e. The first-order valence-corrected chi connectivity index (χ1v) is 7.75. The van der Waals surface area contributed by atoms with E-state index in [1.165, 1.54) is 17.0 Å². The zero-order valence-electron chi connectivity index (χ0n) is 14.1. The molecule has 0 heterocycles. The molecule has 2 aromatic rings. The van der Waals surface area contributed by atoms with E-state index in [0.29, 0.717) is 0 Å². The molecule has 0 saturated carbocycles. The molecule has 2 aromatic carbocycles. The van der Waals surface area contributed by atoms with E-state index in [2.05, 4.69) is 5.32 Å². The van der Waals surface area contributed by atoms with Crippen molar-refractivity contribution in [3.05, 3.63) is 69.8 Å². The maximum Gasteiger partial charge on any atom is 0.282 e. The monoisotopic (exact) mass is 341 g/mol. The van der Waals surface area contributed by atoms with Crippen LogP contribution in [0.4, 0.5) is 11.4 Å². The molecule has 130 valence electrons. The van der Waals surface area contributed by atoms with Crippen molar-refractivity contribution >= 4 is 23.2 Å². The molecule has 7 nitrogen and oxygen atoms in total. The van der Waals surface area contributed by atoms with Crippen LogP contribution in [0.3, 0.4) is 0 Å². The lowest BCUT2D eigenvalue weighted by molar-refractivity contribution is -0.385. The number of aryl methyl sites for hydroxylation is 1. The number of hydrogen-bond acceptors (Lipinski definition) is 4. The standard InChI is InChI=1S/C18H19N3O4/c1-13-8-9-16(21(24)25)15(12-13)18(23)19-11-10-17(22)20(2)14-6-4-3-5-7-14/h3-9,12H,10-11H2,1-2H3,(H,19,23). The van der Waals surface area contributed by atoms with Gasteiger partial charge in [-0.1, -0.05) is 24.3 Å². The minimum Gasteiger partial charge on any atom is -0.351 e. The Morgan fingerprint density at radius 1 is 1.16 bits per heavy atom. The first kappa shape index (κ1) is 18.1. The van der Waals surface area contributed by atoms with Crippen molar-refractivity contribution in [2.75, 3.05) is 18.5 Å². The summed E-state index contributed by atoms with van der Waals surface area (Å²) in [5.41, 5.74) is 1.24. The van der Waals surface area contributed by atoms with Crippen LogP contribution in [0.2, 0.25) is 0 Å². The molecule has 0 saturated heterocycles. The molecule has 1 N–H and O–H groups in total. The van der Waals surface area contributed by atoms with Gasteiger partial charge in [-0.2, -0.15) is 0 Å². The van der Waals surface area contributed by atoms with Gasteiger partial charge in [-0.3, -0.25) is 19.7 Å². The van der Waals surface area contributed by atoms with Gasteiger partial charge in [0.2, 0.25) is 5.91 Å². The molecule has 0 spiro atoms. The van der Waals surface area contributed by atoms with Crippen LogP contribution in [0.25, 0.3) is 0 Å². The number of nitrogens with zero attached hydrogens (tertiary/aromatic N) is 2. The lowest BCUT2D eigenvalue weighted by Gasteiger charge is -2.17. The third kappa shape index (κ3) is 4.63. The smallest absolute Gasteiger partial charge is 0.282 e. The molecule has 7 heteroatoms. The molecule has 0 aromatic heterocycles. The molecule has 0 atom stereocenters. The molecule has 2 amide bonds. The summed E-state index contributed by atoms with van der Waals surface area (Å²) in [7, 11) is 1.66. The number of benzene rings is 2. The van der Waals surface area contributed by atoms with E-state index < -0.39 is 10.8 Å². The van der Waals surface area contributed by atoms with Crippen molar-refractivity contribution in [3.8, 4) is 0 Å². The van der Waals surface area contributed by atoms with Gasteiger partial charge in [0, 0.05) is 31.8 Å². The van der Waals surface area contributed by atoms with E-state index in [1.807, 2.05) is 30.3 Å². The molecule has 0 aliphatic carbocycles. The van der Waals surface area contributed by atoms with Crippen molar-refractivity contribution in [1.82, 2.24) is 5.32 Å². The van der Waals surface area contributed by atoms with Crippen molar-refractivity contribution in [3.63, 3.8) is 0 Å². The first-order valence-electron chi connectivity index (χ1n) is 7.75. The molecule has 0 unspecified atom stereocenters. The normalized spacial score (nSPS) is 10.2. The number of hydrogen-bond donors (Lipinski definition) is 1. The molecule has 0 fully saturated rings. The predicted octanol–water partition coefficient (Wildman–Crippen LogP) is 2.69. The number of anilines is 1. The second-order valence-electron chi connectivity index (χ2n) is 5.57. The summed E-state index contributed by atoms with van der Waals surface area (Å²) in [6.07, 6.45) is 0.0940. The molecule has 0 bridgehead atoms. The zero-order valence-corrected chi connectivity index (χ0v) is 14.1. The Balaban J connectivity index is 1.96. The lowest BCUT2D eigenvalue weighted by atomic mass is 10.1. The topological polar surface area (TPSA) is 92.5 Å². The minimum absolute atomic E-state index is 0.00568. The summed E-state index contributed by atoms with van der Waals surface area (Å²) in [4.78, 5) is 36.3. The molecule has 25 heavy (non-hydrogen) atoms. The van der Waals surface area contributed by atoms with Crippen molar-refractivity contribution in [2.45, 2.75) is 13.3 Å². The number of nitro benzene ring substituents is 1. The summed E-state index contributed by atoms with van der Waals surface area (Å²) in [6, 6.07) is 13.5. The average molecular weight is 341 g/mol. The highest BCUT2D eigenvalue weighted by atomic mass is 16.6. The van der Waals surface area contributed by atoms with Crippen molar-refractivity contribution in [1.29, 1.82) is 0 Å². The number of amides is 2. The van der Waals surface area contributed by atoms with Crippen LogP contribution < -0.4 is 10.2 Å². The number of carbonyl (C=O) groups excluding carboxylic acids is 2. The molecule has 0 aliphatic rings. The third-order valence-electron chi connectivity index (χ3n) is 3.74. The van der Waals surface area contributed by atoms with Crippen molar-refractivity contribution in [2.24, 2.45) is 0 Å². The zero-order chi connectivity index (χ0) is 18.4. The minimum atomic E-state index is -0.595. The first-order chi connectivity index (χ1) is 11.9. The highest BCUT2D eigenvalue weighted by molar-refractivity contribution is 5.99. The number of carbonyl (C=O) groups is 2. The van der Waals surface area contributed by atoms with Crippen LogP contribution in [0, 0.1) is 17.0 Å². The second kappa shape index (κ2) is 8.05. The summed E-state index contributed by atoms with van der Waals surface area (Å²) >= 11 is 0. The maximum atomic E-state index is 12.2. The van der Waals surface area contributed by atoms with E-state index in [4.69, 9.17) is 0 Å². The van der Waals surface area contributed by atoms with Gasteiger partial charge in [0.1, 0.15) is 5.56 Å². The number of nitrogens with one attached hydrogen (secondary N) is 1. The number of para-hydroxylation sites is 1. The van der Waals surface area contributed by atoms with Crippen LogP contribution in [-0.4, -0.2) is 30.3 Å². The van der Waals surface area contributed by atoms with Gasteiger partial charge in [-0.25, -0.2) is 0 Å². The average Bonchev–Trinajstić information content (AvgIpc) is 2.61. The quantitative estimate of drug-likeness (QED) is 0.646. The predicted molar refractivity (Wildman–Crippen MR) is 94.6 cm³/mol. The third-order valence-corrected chi connectivity index (χ3v) is 3.74. The van der Waals surface area contributed by atoms with E-state index in [1.54, 1.807) is 20.0 Å². The van der Waals surface area contributed by atoms with E-state index >= 15 is 0 Å². The highest BCUT2D eigenvalue weighted by Crippen LogP contribution is 2.19. The SMILES string of the molecule is Cc1ccc([N+](=O)[O-])c(C(=O)NCCC(=O)N(C)c2ccccc2)c1. The van der Waals surface area contributed by atoms with Gasteiger partial charge in [0.05, 0.1) is 4.92 Å². The van der Waals surface area contributed by atoms with Crippen LogP contribution in [-0.2, 0) is 4.79 Å². The highest BCUT2D eigenvalue weighted by Gasteiger charge is 2.20. The van der Waals surface area contributed by atoms with Gasteiger partial charge in [0.25, 0.3) is 11.6 Å². The lowest BCUT2D eigenvalue weighted by Crippen LogP contribution is -2.32. The summed E-state index contributed by atoms with van der Waals surface area (Å²) in [5, 5.41) is 13.6.